The number of thioether (sulfide) groups is 1. The van der Waals surface area contributed by atoms with Crippen molar-refractivity contribution in [2.24, 2.45) is 0 Å². The van der Waals surface area contributed by atoms with E-state index in [2.05, 4.69) is 31.9 Å². The van der Waals surface area contributed by atoms with Crippen LogP contribution in [0.5, 0.6) is 0 Å². The molecule has 0 bridgehead atoms. The number of amides is 2. The van der Waals surface area contributed by atoms with Crippen LogP contribution in [0.2, 0.25) is 0 Å². The molecule has 3 rings (SSSR count). The van der Waals surface area contributed by atoms with Crippen LogP contribution in [0, 0.1) is 27.7 Å². The fraction of sp³-hybridized carbons (Fsp3) is 0.409. The summed E-state index contributed by atoms with van der Waals surface area (Å²) >= 11 is 2.77. The highest BCUT2D eigenvalue weighted by Gasteiger charge is 2.22. The first kappa shape index (κ1) is 23.9. The molecule has 2 heterocycles. The minimum atomic E-state index is -0.397. The van der Waals surface area contributed by atoms with Gasteiger partial charge in [0.05, 0.1) is 17.4 Å². The van der Waals surface area contributed by atoms with Crippen LogP contribution in [0.15, 0.2) is 23.4 Å². The molecule has 0 radical (unpaired) electrons. The Morgan fingerprint density at radius 1 is 1.09 bits per heavy atom. The molecular formula is C22H28N6O2S2. The first-order chi connectivity index (χ1) is 15.2. The molecule has 32 heavy (non-hydrogen) atoms. The Balaban J connectivity index is 1.64. The van der Waals surface area contributed by atoms with Gasteiger partial charge in [0.1, 0.15) is 5.82 Å². The minimum absolute atomic E-state index is 0.104. The van der Waals surface area contributed by atoms with Crippen molar-refractivity contribution in [2.75, 3.05) is 10.6 Å². The number of carbonyl (C=O) groups excluding carboxylic acids is 2. The first-order valence-electron chi connectivity index (χ1n) is 10.4. The van der Waals surface area contributed by atoms with E-state index in [9.17, 15) is 9.59 Å². The molecule has 3 aromatic rings. The minimum Gasteiger partial charge on any atom is -0.326 e. The smallest absolute Gasteiger partial charge is 0.239 e. The van der Waals surface area contributed by atoms with Crippen molar-refractivity contribution in [3.05, 3.63) is 45.7 Å². The Morgan fingerprint density at radius 3 is 2.38 bits per heavy atom. The van der Waals surface area contributed by atoms with Crippen LogP contribution in [0.3, 0.4) is 0 Å². The number of aryl methyl sites for hydroxylation is 4. The van der Waals surface area contributed by atoms with E-state index in [4.69, 9.17) is 0 Å². The molecule has 0 saturated heterocycles. The molecule has 0 spiro atoms. The van der Waals surface area contributed by atoms with Gasteiger partial charge in [0.25, 0.3) is 0 Å². The summed E-state index contributed by atoms with van der Waals surface area (Å²) in [6, 6.07) is 5.92. The average Bonchev–Trinajstić information content (AvgIpc) is 3.22. The topological polar surface area (TPSA) is 102 Å². The molecule has 0 fully saturated rings. The third-order valence-corrected chi connectivity index (χ3v) is 6.91. The molecule has 2 amide bonds. The zero-order chi connectivity index (χ0) is 23.4. The maximum Gasteiger partial charge on any atom is 0.239 e. The molecule has 0 aliphatic heterocycles. The van der Waals surface area contributed by atoms with Gasteiger partial charge in [-0.3, -0.25) is 9.59 Å². The number of aromatic nitrogens is 4. The van der Waals surface area contributed by atoms with Gasteiger partial charge in [-0.1, -0.05) is 17.8 Å². The van der Waals surface area contributed by atoms with Crippen molar-refractivity contribution in [3.8, 4) is 0 Å². The molecule has 2 N–H and O–H groups in total. The number of rotatable bonds is 8. The van der Waals surface area contributed by atoms with Gasteiger partial charge in [-0.15, -0.1) is 21.5 Å². The highest BCUT2D eigenvalue weighted by molar-refractivity contribution is 8.00. The molecule has 8 nitrogen and oxygen atoms in total. The van der Waals surface area contributed by atoms with Crippen LogP contribution < -0.4 is 10.6 Å². The molecule has 2 aromatic heterocycles. The lowest BCUT2D eigenvalue weighted by Crippen LogP contribution is -2.23. The number of hydrogen-bond acceptors (Lipinski definition) is 7. The summed E-state index contributed by atoms with van der Waals surface area (Å²) in [6.07, 6.45) is 0.104. The predicted molar refractivity (Wildman–Crippen MR) is 129 cm³/mol. The van der Waals surface area contributed by atoms with E-state index < -0.39 is 5.25 Å². The van der Waals surface area contributed by atoms with Gasteiger partial charge < -0.3 is 15.2 Å². The lowest BCUT2D eigenvalue weighted by molar-refractivity contribution is -0.116. The van der Waals surface area contributed by atoms with E-state index in [1.165, 1.54) is 23.1 Å². The second-order valence-corrected chi connectivity index (χ2v) is 10.2. The summed E-state index contributed by atoms with van der Waals surface area (Å²) in [5.74, 6) is 0.258. The Kier molecular flexibility index (Phi) is 7.68. The summed E-state index contributed by atoms with van der Waals surface area (Å²) in [6.45, 7) is 12.3. The summed E-state index contributed by atoms with van der Waals surface area (Å²) in [4.78, 5) is 30.6. The number of benzene rings is 1. The highest BCUT2D eigenvalue weighted by Crippen LogP contribution is 2.26. The maximum absolute atomic E-state index is 12.6. The quantitative estimate of drug-likeness (QED) is 0.474. The van der Waals surface area contributed by atoms with Crippen LogP contribution in [0.4, 0.5) is 10.8 Å². The van der Waals surface area contributed by atoms with Gasteiger partial charge in [-0.25, -0.2) is 4.98 Å². The number of nitrogens with one attached hydrogen (secondary N) is 2. The van der Waals surface area contributed by atoms with E-state index in [-0.39, 0.29) is 18.2 Å². The molecular weight excluding hydrogens is 444 g/mol. The van der Waals surface area contributed by atoms with Gasteiger partial charge >= 0.3 is 0 Å². The number of anilines is 2. The highest BCUT2D eigenvalue weighted by atomic mass is 32.2. The number of nitrogens with zero attached hydrogens (tertiary/aromatic N) is 4. The summed E-state index contributed by atoms with van der Waals surface area (Å²) in [7, 11) is 0. The van der Waals surface area contributed by atoms with Crippen LogP contribution in [0.25, 0.3) is 0 Å². The molecule has 1 aromatic carbocycles. The van der Waals surface area contributed by atoms with Gasteiger partial charge in [0.2, 0.25) is 11.8 Å². The fourth-order valence-electron chi connectivity index (χ4n) is 3.20. The van der Waals surface area contributed by atoms with E-state index in [1.807, 2.05) is 58.2 Å². The summed E-state index contributed by atoms with van der Waals surface area (Å²) in [5.41, 5.74) is 3.86. The molecule has 10 heteroatoms. The van der Waals surface area contributed by atoms with Crippen LogP contribution in [-0.2, 0) is 22.6 Å². The number of hydrogen-bond donors (Lipinski definition) is 2. The third-order valence-electron chi connectivity index (χ3n) is 4.84. The Hall–Kier alpha value is -2.72. The second-order valence-electron chi connectivity index (χ2n) is 7.65. The van der Waals surface area contributed by atoms with Gasteiger partial charge in [-0.2, -0.15) is 0 Å². The molecule has 0 saturated carbocycles. The lowest BCUT2D eigenvalue weighted by atomic mass is 10.1. The normalized spacial score (nSPS) is 11.9. The van der Waals surface area contributed by atoms with Crippen molar-refractivity contribution in [1.29, 1.82) is 0 Å². The summed E-state index contributed by atoms with van der Waals surface area (Å²) < 4.78 is 1.87. The van der Waals surface area contributed by atoms with E-state index in [0.29, 0.717) is 22.7 Å². The fourth-order valence-corrected chi connectivity index (χ4v) is 4.94. The SMILES string of the molecule is CCn1c(CC(=O)Nc2cc(C)cc(C)c2)nnc1S[C@@H](C)C(=O)Nc1nc(C)c(C)s1. The third kappa shape index (κ3) is 5.95. The van der Waals surface area contributed by atoms with Crippen molar-refractivity contribution >= 4 is 45.7 Å². The van der Waals surface area contributed by atoms with Crippen molar-refractivity contribution < 1.29 is 9.59 Å². The Bertz CT molecular complexity index is 1100. The molecule has 0 aliphatic carbocycles. The monoisotopic (exact) mass is 472 g/mol. The largest absolute Gasteiger partial charge is 0.326 e. The molecule has 0 unspecified atom stereocenters. The van der Waals surface area contributed by atoms with E-state index in [0.717, 1.165) is 27.4 Å². The average molecular weight is 473 g/mol. The first-order valence-corrected chi connectivity index (χ1v) is 12.1. The van der Waals surface area contributed by atoms with Gasteiger partial charge in [-0.05, 0) is 64.8 Å². The van der Waals surface area contributed by atoms with Crippen LogP contribution in [0.1, 0.15) is 41.4 Å². The summed E-state index contributed by atoms with van der Waals surface area (Å²) in [5, 5.41) is 15.0. The molecule has 1 atom stereocenters. The van der Waals surface area contributed by atoms with Crippen LogP contribution in [-0.4, -0.2) is 36.8 Å². The Labute approximate surface area is 196 Å². The standard InChI is InChI=1S/C22H28N6O2S2/c1-7-28-18(11-19(29)24-17-9-12(2)8-13(3)10-17)26-27-22(28)32-16(6)20(30)25-21-23-14(4)15(5)31-21/h8-10,16H,7,11H2,1-6H3,(H,24,29)(H,23,25,30)/t16-/m0/s1. The van der Waals surface area contributed by atoms with E-state index in [1.54, 1.807) is 0 Å². The van der Waals surface area contributed by atoms with Crippen molar-refractivity contribution in [1.82, 2.24) is 19.7 Å². The Morgan fingerprint density at radius 2 is 1.78 bits per heavy atom. The number of thiazole rings is 1. The predicted octanol–water partition coefficient (Wildman–Crippen LogP) is 4.29. The van der Waals surface area contributed by atoms with Crippen LogP contribution >= 0.6 is 23.1 Å². The van der Waals surface area contributed by atoms with Crippen molar-refractivity contribution in [2.45, 2.75) is 64.9 Å². The lowest BCUT2D eigenvalue weighted by Gasteiger charge is -2.12. The van der Waals surface area contributed by atoms with Crippen molar-refractivity contribution in [3.63, 3.8) is 0 Å². The number of carbonyl (C=O) groups is 2. The van der Waals surface area contributed by atoms with E-state index >= 15 is 0 Å². The maximum atomic E-state index is 12.6. The molecule has 170 valence electrons. The second kappa shape index (κ2) is 10.3. The van der Waals surface area contributed by atoms with Gasteiger partial charge in [0.15, 0.2) is 10.3 Å². The van der Waals surface area contributed by atoms with Gasteiger partial charge in [0, 0.05) is 17.1 Å². The zero-order valence-corrected chi connectivity index (χ0v) is 20.8. The molecule has 0 aliphatic rings. The zero-order valence-electron chi connectivity index (χ0n) is 19.1.